The first-order chi connectivity index (χ1) is 14.7. The van der Waals surface area contributed by atoms with Crippen LogP contribution in [0, 0.1) is 0 Å². The molecule has 6 aromatic rings. The fourth-order valence-electron chi connectivity index (χ4n) is 4.52. The summed E-state index contributed by atoms with van der Waals surface area (Å²) in [5.74, 6) is 0. The zero-order chi connectivity index (χ0) is 20.2. The molecule has 0 aliphatic rings. The van der Waals surface area contributed by atoms with Crippen molar-refractivity contribution in [1.29, 1.82) is 0 Å². The molecule has 30 heavy (non-hydrogen) atoms. The second-order valence-corrected chi connectivity index (χ2v) is 9.12. The molecule has 0 amide bonds. The number of hydrogen-bond acceptors (Lipinski definition) is 3. The molecule has 0 aliphatic carbocycles. The van der Waals surface area contributed by atoms with Gasteiger partial charge >= 0.3 is 0 Å². The maximum Gasteiger partial charge on any atom is 0.0560 e. The van der Waals surface area contributed by atoms with Crippen molar-refractivity contribution in [3.05, 3.63) is 84.9 Å². The summed E-state index contributed by atoms with van der Waals surface area (Å²) < 4.78 is 2.57. The molecule has 1 nitrogen and oxygen atoms in total. The van der Waals surface area contributed by atoms with E-state index in [1.54, 1.807) is 0 Å². The minimum Gasteiger partial charge on any atom is -0.387 e. The predicted molar refractivity (Wildman–Crippen MR) is 137 cm³/mol. The van der Waals surface area contributed by atoms with Crippen LogP contribution in [0.25, 0.3) is 52.8 Å². The lowest BCUT2D eigenvalue weighted by Gasteiger charge is -2.15. The summed E-state index contributed by atoms with van der Waals surface area (Å²) in [7, 11) is 1.98. The first kappa shape index (κ1) is 17.8. The average molecular weight is 422 g/mol. The van der Waals surface area contributed by atoms with E-state index in [4.69, 9.17) is 12.6 Å². The summed E-state index contributed by atoms with van der Waals surface area (Å²) in [5.41, 5.74) is 3.48. The molecule has 1 aromatic heterocycles. The van der Waals surface area contributed by atoms with Crippen molar-refractivity contribution in [3.8, 4) is 11.1 Å². The summed E-state index contributed by atoms with van der Waals surface area (Å²) in [6.45, 7) is 0. The molecule has 0 radical (unpaired) electrons. The van der Waals surface area contributed by atoms with E-state index in [1.165, 1.54) is 52.8 Å². The smallest absolute Gasteiger partial charge is 0.0560 e. The van der Waals surface area contributed by atoms with Gasteiger partial charge in [-0.15, -0.1) is 24.0 Å². The Morgan fingerprint density at radius 3 is 2.23 bits per heavy atom. The molecule has 144 valence electrons. The third kappa shape index (κ3) is 2.56. The third-order valence-corrected chi connectivity index (χ3v) is 7.51. The highest BCUT2D eigenvalue weighted by atomic mass is 32.1. The Morgan fingerprint density at radius 2 is 1.40 bits per heavy atom. The van der Waals surface area contributed by atoms with Gasteiger partial charge in [-0.25, -0.2) is 0 Å². The molecule has 1 heterocycles. The second kappa shape index (κ2) is 6.76. The van der Waals surface area contributed by atoms with Crippen LogP contribution < -0.4 is 5.32 Å². The summed E-state index contributed by atoms with van der Waals surface area (Å²) in [6.07, 6.45) is 0. The Bertz CT molecular complexity index is 1590. The van der Waals surface area contributed by atoms with Crippen LogP contribution in [0.3, 0.4) is 0 Å². The number of benzene rings is 5. The Balaban J connectivity index is 1.68. The fourth-order valence-corrected chi connectivity index (χ4v) is 6.22. The molecule has 0 unspecified atom stereocenters. The van der Waals surface area contributed by atoms with Gasteiger partial charge in [0.2, 0.25) is 0 Å². The summed E-state index contributed by atoms with van der Waals surface area (Å²) in [4.78, 5) is 1.01. The molecular formula is C27H19NS2. The van der Waals surface area contributed by atoms with E-state index < -0.39 is 0 Å². The molecule has 0 saturated heterocycles. The summed E-state index contributed by atoms with van der Waals surface area (Å²) >= 11 is 6.82. The Labute approximate surface area is 184 Å². The predicted octanol–water partition coefficient (Wildman–Crippen LogP) is 8.36. The molecular weight excluding hydrogens is 402 g/mol. The van der Waals surface area contributed by atoms with E-state index in [1.807, 2.05) is 18.4 Å². The van der Waals surface area contributed by atoms with Crippen molar-refractivity contribution in [2.45, 2.75) is 4.90 Å². The van der Waals surface area contributed by atoms with E-state index in [9.17, 15) is 0 Å². The number of thiophene rings is 1. The number of nitrogens with one attached hydrogen (secondary N) is 1. The lowest BCUT2D eigenvalue weighted by Crippen LogP contribution is -1.94. The van der Waals surface area contributed by atoms with Gasteiger partial charge in [0.1, 0.15) is 0 Å². The van der Waals surface area contributed by atoms with Gasteiger partial charge in [0, 0.05) is 37.7 Å². The topological polar surface area (TPSA) is 12.0 Å². The molecule has 6 rings (SSSR count). The molecule has 0 fully saturated rings. The van der Waals surface area contributed by atoms with Crippen molar-refractivity contribution in [2.75, 3.05) is 12.4 Å². The number of thiol groups is 1. The van der Waals surface area contributed by atoms with E-state index in [-0.39, 0.29) is 0 Å². The zero-order valence-electron chi connectivity index (χ0n) is 16.4. The van der Waals surface area contributed by atoms with Crippen LogP contribution >= 0.6 is 24.0 Å². The van der Waals surface area contributed by atoms with Crippen LogP contribution in [-0.4, -0.2) is 7.05 Å². The lowest BCUT2D eigenvalue weighted by molar-refractivity contribution is 1.44. The number of rotatable bonds is 2. The highest BCUT2D eigenvalue weighted by Crippen LogP contribution is 2.45. The Kier molecular flexibility index (Phi) is 4.02. The molecule has 3 heteroatoms. The first-order valence-corrected chi connectivity index (χ1v) is 11.3. The summed E-state index contributed by atoms with van der Waals surface area (Å²) in [5, 5.41) is 11.0. The molecule has 5 aromatic carbocycles. The van der Waals surface area contributed by atoms with Crippen LogP contribution in [0.4, 0.5) is 5.69 Å². The highest BCUT2D eigenvalue weighted by molar-refractivity contribution is 7.80. The van der Waals surface area contributed by atoms with Gasteiger partial charge < -0.3 is 5.32 Å². The van der Waals surface area contributed by atoms with Crippen LogP contribution in [0.5, 0.6) is 0 Å². The van der Waals surface area contributed by atoms with Gasteiger partial charge in [-0.3, -0.25) is 0 Å². The Hall–Kier alpha value is -3.01. The lowest BCUT2D eigenvalue weighted by atomic mass is 9.95. The zero-order valence-corrected chi connectivity index (χ0v) is 18.1. The van der Waals surface area contributed by atoms with Gasteiger partial charge in [0.15, 0.2) is 0 Å². The summed E-state index contributed by atoms with van der Waals surface area (Å²) in [6, 6.07) is 30.7. The van der Waals surface area contributed by atoms with E-state index in [0.29, 0.717) is 0 Å². The van der Waals surface area contributed by atoms with E-state index in [2.05, 4.69) is 90.2 Å². The molecule has 1 N–H and O–H groups in total. The first-order valence-electron chi connectivity index (χ1n) is 10.0. The molecule has 0 aliphatic heterocycles. The number of anilines is 1. The number of fused-ring (bicyclic) bond motifs is 6. The monoisotopic (exact) mass is 421 g/mol. The minimum absolute atomic E-state index is 1.01. The SMILES string of the molecule is CNc1c(-c2ccc3ccc4ccccc4c3c2)cc2sc3ccccc3c2c1S. The number of hydrogen-bond donors (Lipinski definition) is 2. The van der Waals surface area contributed by atoms with Crippen LogP contribution in [-0.2, 0) is 0 Å². The van der Waals surface area contributed by atoms with Gasteiger partial charge in [-0.1, -0.05) is 66.7 Å². The molecule has 0 spiro atoms. The van der Waals surface area contributed by atoms with E-state index in [0.717, 1.165) is 10.6 Å². The van der Waals surface area contributed by atoms with Crippen molar-refractivity contribution in [3.63, 3.8) is 0 Å². The molecule has 0 saturated carbocycles. The quantitative estimate of drug-likeness (QED) is 0.211. The van der Waals surface area contributed by atoms with Gasteiger partial charge in [0.05, 0.1) is 5.69 Å². The third-order valence-electron chi connectivity index (χ3n) is 5.95. The van der Waals surface area contributed by atoms with Crippen molar-refractivity contribution >= 4 is 71.4 Å². The van der Waals surface area contributed by atoms with E-state index >= 15 is 0 Å². The van der Waals surface area contributed by atoms with Crippen molar-refractivity contribution in [1.82, 2.24) is 0 Å². The maximum atomic E-state index is 4.98. The molecule has 0 bridgehead atoms. The van der Waals surface area contributed by atoms with Crippen molar-refractivity contribution < 1.29 is 0 Å². The highest BCUT2D eigenvalue weighted by Gasteiger charge is 2.16. The van der Waals surface area contributed by atoms with Crippen LogP contribution in [0.2, 0.25) is 0 Å². The van der Waals surface area contributed by atoms with Gasteiger partial charge in [-0.05, 0) is 45.3 Å². The van der Waals surface area contributed by atoms with Gasteiger partial charge in [-0.2, -0.15) is 0 Å². The average Bonchev–Trinajstić information content (AvgIpc) is 3.17. The fraction of sp³-hybridized carbons (Fsp3) is 0.0370. The van der Waals surface area contributed by atoms with Crippen LogP contribution in [0.15, 0.2) is 89.8 Å². The normalized spacial score (nSPS) is 11.7. The van der Waals surface area contributed by atoms with Crippen molar-refractivity contribution in [2.24, 2.45) is 0 Å². The molecule has 0 atom stereocenters. The maximum absolute atomic E-state index is 4.98. The van der Waals surface area contributed by atoms with Gasteiger partial charge in [0.25, 0.3) is 0 Å². The Morgan fingerprint density at radius 1 is 0.700 bits per heavy atom. The largest absolute Gasteiger partial charge is 0.387 e. The second-order valence-electron chi connectivity index (χ2n) is 7.59. The minimum atomic E-state index is 1.01. The standard InChI is InChI=1S/C27H19NS2/c1-28-26-22(15-24-25(27(26)29)20-8-4-5-9-23(20)30-24)18-13-12-17-11-10-16-6-2-3-7-19(16)21(17)14-18/h2-15,28-29H,1H3. The van der Waals surface area contributed by atoms with Crippen LogP contribution in [0.1, 0.15) is 0 Å².